The van der Waals surface area contributed by atoms with Crippen LogP contribution in [0, 0.1) is 12.7 Å². The van der Waals surface area contributed by atoms with Crippen molar-refractivity contribution in [3.05, 3.63) is 83.6 Å². The van der Waals surface area contributed by atoms with Crippen molar-refractivity contribution in [2.45, 2.75) is 32.2 Å². The van der Waals surface area contributed by atoms with Gasteiger partial charge in [0, 0.05) is 48.4 Å². The fraction of sp³-hybridized carbons (Fsp3) is 0.308. The van der Waals surface area contributed by atoms with Crippen LogP contribution in [0.1, 0.15) is 29.4 Å². The van der Waals surface area contributed by atoms with Crippen molar-refractivity contribution in [3.63, 3.8) is 0 Å². The van der Waals surface area contributed by atoms with Crippen molar-refractivity contribution in [1.82, 2.24) is 19.7 Å². The molecule has 1 aliphatic rings. The molecule has 3 heterocycles. The third kappa shape index (κ3) is 4.62. The zero-order chi connectivity index (χ0) is 22.8. The summed E-state index contributed by atoms with van der Waals surface area (Å²) >= 11 is 0. The molecule has 0 spiro atoms. The van der Waals surface area contributed by atoms with Gasteiger partial charge in [0.1, 0.15) is 18.1 Å². The molecule has 1 atom stereocenters. The monoisotopic (exact) mass is 446 g/mol. The second-order valence-electron chi connectivity index (χ2n) is 8.63. The quantitative estimate of drug-likeness (QED) is 0.456. The molecule has 1 aliphatic heterocycles. The summed E-state index contributed by atoms with van der Waals surface area (Å²) in [4.78, 5) is 15.0. The number of benzene rings is 2. The highest BCUT2D eigenvalue weighted by Crippen LogP contribution is 2.27. The molecule has 1 unspecified atom stereocenters. The van der Waals surface area contributed by atoms with Crippen molar-refractivity contribution in [2.24, 2.45) is 0 Å². The number of hydrogen-bond donors (Lipinski definition) is 1. The van der Waals surface area contributed by atoms with Crippen molar-refractivity contribution in [1.29, 1.82) is 0 Å². The summed E-state index contributed by atoms with van der Waals surface area (Å²) in [5.41, 5.74) is 4.14. The highest BCUT2D eigenvalue weighted by Gasteiger charge is 2.29. The van der Waals surface area contributed by atoms with Crippen LogP contribution in [0.2, 0.25) is 0 Å². The molecule has 1 fully saturated rings. The molecule has 6 nitrogen and oxygen atoms in total. The maximum atomic E-state index is 13.3. The summed E-state index contributed by atoms with van der Waals surface area (Å²) in [7, 11) is 0. The Morgan fingerprint density at radius 1 is 1.18 bits per heavy atom. The first-order valence-corrected chi connectivity index (χ1v) is 11.3. The number of carbonyl (C=O) groups excluding carboxylic acids is 1. The Bertz CT molecular complexity index is 1280. The number of ether oxygens (including phenoxy) is 1. The number of likely N-dealkylation sites (tertiary alicyclic amines) is 1. The minimum Gasteiger partial charge on any atom is -0.493 e. The third-order valence-electron chi connectivity index (χ3n) is 6.36. The van der Waals surface area contributed by atoms with E-state index in [1.807, 2.05) is 24.0 Å². The fourth-order valence-corrected chi connectivity index (χ4v) is 4.57. The number of amides is 1. The van der Waals surface area contributed by atoms with Crippen LogP contribution in [0.5, 0.6) is 5.75 Å². The molecule has 1 N–H and O–H groups in total. The van der Waals surface area contributed by atoms with Gasteiger partial charge in [0.15, 0.2) is 0 Å². The number of halogens is 1. The van der Waals surface area contributed by atoms with E-state index in [-0.39, 0.29) is 17.6 Å². The molecule has 2 aromatic heterocycles. The number of aryl methyl sites for hydroxylation is 1. The number of rotatable bonds is 7. The third-order valence-corrected chi connectivity index (χ3v) is 6.36. The number of para-hydroxylation sites is 1. The Balaban J connectivity index is 1.16. The second kappa shape index (κ2) is 9.10. The van der Waals surface area contributed by atoms with E-state index in [1.54, 1.807) is 12.1 Å². The Kier molecular flexibility index (Phi) is 5.86. The predicted octanol–water partition coefficient (Wildman–Crippen LogP) is 4.45. The van der Waals surface area contributed by atoms with Crippen LogP contribution < -0.4 is 4.74 Å². The maximum absolute atomic E-state index is 13.3. The van der Waals surface area contributed by atoms with Crippen LogP contribution in [0.15, 0.2) is 60.7 Å². The van der Waals surface area contributed by atoms with Crippen molar-refractivity contribution < 1.29 is 13.9 Å². The summed E-state index contributed by atoms with van der Waals surface area (Å²) < 4.78 is 21.0. The maximum Gasteiger partial charge on any atom is 0.242 e. The lowest BCUT2D eigenvalue weighted by molar-refractivity contribution is -0.130. The van der Waals surface area contributed by atoms with Gasteiger partial charge < -0.3 is 14.2 Å². The lowest BCUT2D eigenvalue weighted by Crippen LogP contribution is -2.32. The van der Waals surface area contributed by atoms with Gasteiger partial charge in [0.25, 0.3) is 0 Å². The number of nitrogens with zero attached hydrogens (tertiary/aromatic N) is 3. The van der Waals surface area contributed by atoms with Crippen LogP contribution >= 0.6 is 0 Å². The largest absolute Gasteiger partial charge is 0.493 e. The molecule has 0 aliphatic carbocycles. The minimum atomic E-state index is -0.309. The van der Waals surface area contributed by atoms with Crippen LogP contribution in [0.3, 0.4) is 0 Å². The van der Waals surface area contributed by atoms with Gasteiger partial charge in [-0.15, -0.1) is 0 Å². The molecule has 1 amide bonds. The standard InChI is InChI=1S/C26H27FN4O2/c1-18-13-19-5-2-3-8-25(19)31(18)17-26(32)30-11-9-20(16-30)24-15-22(28-29-24)10-12-33-23-7-4-6-21(27)14-23/h2-8,13-15,20H,9-12,16-17H2,1H3,(H,28,29). The van der Waals surface area contributed by atoms with Crippen molar-refractivity contribution >= 4 is 16.8 Å². The zero-order valence-corrected chi connectivity index (χ0v) is 18.6. The average molecular weight is 447 g/mol. The van der Waals surface area contributed by atoms with Crippen LogP contribution in [0.25, 0.3) is 10.9 Å². The van der Waals surface area contributed by atoms with Gasteiger partial charge in [0.2, 0.25) is 5.91 Å². The van der Waals surface area contributed by atoms with Gasteiger partial charge in [-0.05, 0) is 49.1 Å². The van der Waals surface area contributed by atoms with E-state index in [1.165, 1.54) is 12.1 Å². The van der Waals surface area contributed by atoms with E-state index >= 15 is 0 Å². The van der Waals surface area contributed by atoms with Gasteiger partial charge in [0.05, 0.1) is 12.3 Å². The lowest BCUT2D eigenvalue weighted by Gasteiger charge is -2.18. The minimum absolute atomic E-state index is 0.140. The topological polar surface area (TPSA) is 63.1 Å². The molecular weight excluding hydrogens is 419 g/mol. The Morgan fingerprint density at radius 3 is 2.94 bits per heavy atom. The van der Waals surface area contributed by atoms with E-state index in [0.29, 0.717) is 31.9 Å². The van der Waals surface area contributed by atoms with Crippen molar-refractivity contribution in [3.8, 4) is 5.75 Å². The number of hydrogen-bond acceptors (Lipinski definition) is 3. The summed E-state index contributed by atoms with van der Waals surface area (Å²) in [6.07, 6.45) is 1.56. The normalized spacial score (nSPS) is 15.9. The van der Waals surface area contributed by atoms with Gasteiger partial charge in [-0.25, -0.2) is 4.39 Å². The molecule has 7 heteroatoms. The number of fused-ring (bicyclic) bond motifs is 1. The molecule has 0 saturated carbocycles. The molecular formula is C26H27FN4O2. The highest BCUT2D eigenvalue weighted by atomic mass is 19.1. The number of H-pyrrole nitrogens is 1. The summed E-state index contributed by atoms with van der Waals surface area (Å²) in [5, 5.41) is 8.72. The van der Waals surface area contributed by atoms with Gasteiger partial charge in [-0.2, -0.15) is 5.10 Å². The number of aromatic nitrogens is 3. The zero-order valence-electron chi connectivity index (χ0n) is 18.6. The molecule has 0 bridgehead atoms. The molecule has 1 saturated heterocycles. The first-order valence-electron chi connectivity index (χ1n) is 11.3. The van der Waals surface area contributed by atoms with E-state index in [9.17, 15) is 9.18 Å². The van der Waals surface area contributed by atoms with Gasteiger partial charge >= 0.3 is 0 Å². The van der Waals surface area contributed by atoms with Crippen LogP contribution in [-0.4, -0.2) is 45.3 Å². The first kappa shape index (κ1) is 21.2. The molecule has 5 rings (SSSR count). The second-order valence-corrected chi connectivity index (χ2v) is 8.63. The van der Waals surface area contributed by atoms with E-state index < -0.39 is 0 Å². The first-order chi connectivity index (χ1) is 16.1. The van der Waals surface area contributed by atoms with E-state index in [0.717, 1.165) is 41.0 Å². The Morgan fingerprint density at radius 2 is 2.06 bits per heavy atom. The smallest absolute Gasteiger partial charge is 0.242 e. The lowest BCUT2D eigenvalue weighted by atomic mass is 10.0. The number of nitrogens with one attached hydrogen (secondary N) is 1. The number of carbonyl (C=O) groups is 1. The number of aromatic amines is 1. The molecule has 4 aromatic rings. The SMILES string of the molecule is Cc1cc2ccccc2n1CC(=O)N1CCC(c2cc(CCOc3cccc(F)c3)[nH]n2)C1. The molecule has 33 heavy (non-hydrogen) atoms. The van der Waals surface area contributed by atoms with Gasteiger partial charge in [-0.3, -0.25) is 9.89 Å². The summed E-state index contributed by atoms with van der Waals surface area (Å²) in [6, 6.07) is 18.5. The van der Waals surface area contributed by atoms with Crippen LogP contribution in [0.4, 0.5) is 4.39 Å². The Hall–Kier alpha value is -3.61. The highest BCUT2D eigenvalue weighted by molar-refractivity contribution is 5.84. The van der Waals surface area contributed by atoms with Gasteiger partial charge in [-0.1, -0.05) is 24.3 Å². The predicted molar refractivity (Wildman–Crippen MR) is 125 cm³/mol. The van der Waals surface area contributed by atoms with E-state index in [4.69, 9.17) is 4.74 Å². The summed E-state index contributed by atoms with van der Waals surface area (Å²) in [6.45, 7) is 4.26. The average Bonchev–Trinajstić information content (AvgIpc) is 3.53. The van der Waals surface area contributed by atoms with Crippen molar-refractivity contribution in [2.75, 3.05) is 19.7 Å². The fourth-order valence-electron chi connectivity index (χ4n) is 4.57. The molecule has 170 valence electrons. The molecule has 2 aromatic carbocycles. The van der Waals surface area contributed by atoms with E-state index in [2.05, 4.69) is 39.0 Å². The molecule has 0 radical (unpaired) electrons. The summed E-state index contributed by atoms with van der Waals surface area (Å²) in [5.74, 6) is 0.578. The Labute approximate surface area is 192 Å². The van der Waals surface area contributed by atoms with Crippen LogP contribution in [-0.2, 0) is 17.8 Å².